The molecule has 1 N–H and O–H groups in total. The van der Waals surface area contributed by atoms with E-state index in [1.807, 2.05) is 6.07 Å². The number of nitrogens with one attached hydrogen (secondary N) is 1. The van der Waals surface area contributed by atoms with Crippen LogP contribution in [0.5, 0.6) is 17.2 Å². The largest absolute Gasteiger partial charge is 0.481 e. The summed E-state index contributed by atoms with van der Waals surface area (Å²) in [6.07, 6.45) is 1.52. The molecule has 3 aromatic rings. The molecule has 0 saturated carbocycles. The predicted molar refractivity (Wildman–Crippen MR) is 110 cm³/mol. The van der Waals surface area contributed by atoms with Gasteiger partial charge in [0.2, 0.25) is 12.7 Å². The molecular weight excluding hydrogens is 404 g/mol. The number of carbonyl (C=O) groups is 2. The summed E-state index contributed by atoms with van der Waals surface area (Å²) in [5, 5.41) is 3.73. The minimum atomic E-state index is -0.524. The van der Waals surface area contributed by atoms with Crippen LogP contribution in [0, 0.1) is 0 Å². The Morgan fingerprint density at radius 1 is 1.10 bits per heavy atom. The molecule has 0 atom stereocenters. The monoisotopic (exact) mass is 424 g/mol. The summed E-state index contributed by atoms with van der Waals surface area (Å²) >= 11 is 0. The van der Waals surface area contributed by atoms with Gasteiger partial charge in [-0.15, -0.1) is 0 Å². The summed E-state index contributed by atoms with van der Waals surface area (Å²) in [6.45, 7) is 0.0856. The van der Waals surface area contributed by atoms with Crippen molar-refractivity contribution in [2.24, 2.45) is 0 Å². The quantitative estimate of drug-likeness (QED) is 0.575. The van der Waals surface area contributed by atoms with Gasteiger partial charge < -0.3 is 28.8 Å². The average molecular weight is 424 g/mol. The number of pyridine rings is 1. The maximum Gasteiger partial charge on any atom is 0.343 e. The molecule has 0 saturated heterocycles. The second-order valence-corrected chi connectivity index (χ2v) is 6.80. The van der Waals surface area contributed by atoms with Gasteiger partial charge in [-0.2, -0.15) is 0 Å². The van der Waals surface area contributed by atoms with Crippen molar-refractivity contribution in [3.8, 4) is 17.2 Å². The lowest BCUT2D eigenvalue weighted by Gasteiger charge is -2.11. The Kier molecular flexibility index (Phi) is 5.74. The van der Waals surface area contributed by atoms with E-state index in [0.29, 0.717) is 34.6 Å². The zero-order chi connectivity index (χ0) is 21.8. The van der Waals surface area contributed by atoms with E-state index in [1.54, 1.807) is 36.4 Å². The van der Waals surface area contributed by atoms with E-state index in [1.165, 1.54) is 17.9 Å². The third-order valence-corrected chi connectivity index (χ3v) is 4.79. The standard InChI is InChI=1S/C22H20N2O7/c1-28-21(26)12-29-17-4-2-3-16-15(17)7-8-24(22(16)27)11-20(25)23-10-14-5-6-18-19(9-14)31-13-30-18/h2-9H,10-13H2,1H3,(H,23,25). The van der Waals surface area contributed by atoms with Gasteiger partial charge in [0.25, 0.3) is 5.56 Å². The molecule has 0 bridgehead atoms. The molecule has 1 aromatic heterocycles. The molecule has 31 heavy (non-hydrogen) atoms. The fourth-order valence-electron chi connectivity index (χ4n) is 3.20. The van der Waals surface area contributed by atoms with Crippen LogP contribution in [0.1, 0.15) is 5.56 Å². The van der Waals surface area contributed by atoms with Crippen molar-refractivity contribution in [2.75, 3.05) is 20.5 Å². The summed E-state index contributed by atoms with van der Waals surface area (Å²) in [6, 6.07) is 12.1. The molecular formula is C22H20N2O7. The van der Waals surface area contributed by atoms with Gasteiger partial charge in [0.15, 0.2) is 18.1 Å². The number of rotatable bonds is 7. The second kappa shape index (κ2) is 8.78. The van der Waals surface area contributed by atoms with Crippen molar-refractivity contribution >= 4 is 22.6 Å². The van der Waals surface area contributed by atoms with Crippen LogP contribution in [0.2, 0.25) is 0 Å². The van der Waals surface area contributed by atoms with Gasteiger partial charge in [0, 0.05) is 18.1 Å². The summed E-state index contributed by atoms with van der Waals surface area (Å²) in [7, 11) is 1.27. The van der Waals surface area contributed by atoms with Crippen LogP contribution in [-0.2, 0) is 27.4 Å². The van der Waals surface area contributed by atoms with E-state index >= 15 is 0 Å². The number of aromatic nitrogens is 1. The van der Waals surface area contributed by atoms with E-state index in [0.717, 1.165) is 5.56 Å². The molecule has 4 rings (SSSR count). The van der Waals surface area contributed by atoms with Crippen molar-refractivity contribution in [2.45, 2.75) is 13.1 Å². The first kappa shape index (κ1) is 20.3. The molecule has 0 unspecified atom stereocenters. The summed E-state index contributed by atoms with van der Waals surface area (Å²) < 4.78 is 21.9. The molecule has 0 spiro atoms. The Morgan fingerprint density at radius 3 is 2.77 bits per heavy atom. The highest BCUT2D eigenvalue weighted by Gasteiger charge is 2.14. The Labute approximate surface area is 177 Å². The number of amides is 1. The number of hydrogen-bond donors (Lipinski definition) is 1. The van der Waals surface area contributed by atoms with E-state index in [9.17, 15) is 14.4 Å². The molecule has 1 aliphatic heterocycles. The van der Waals surface area contributed by atoms with Gasteiger partial charge >= 0.3 is 5.97 Å². The van der Waals surface area contributed by atoms with Crippen LogP contribution in [0.3, 0.4) is 0 Å². The number of methoxy groups -OCH3 is 1. The molecule has 1 amide bonds. The molecule has 0 fully saturated rings. The third kappa shape index (κ3) is 4.45. The molecule has 1 aliphatic rings. The van der Waals surface area contributed by atoms with E-state index in [-0.39, 0.29) is 31.4 Å². The SMILES string of the molecule is COC(=O)COc1cccc2c(=O)n(CC(=O)NCc3ccc4c(c3)OCO4)ccc12. The maximum absolute atomic E-state index is 12.8. The van der Waals surface area contributed by atoms with Gasteiger partial charge in [-0.3, -0.25) is 9.59 Å². The number of benzene rings is 2. The van der Waals surface area contributed by atoms with Gasteiger partial charge in [0.05, 0.1) is 12.5 Å². The topological polar surface area (TPSA) is 105 Å². The number of fused-ring (bicyclic) bond motifs is 2. The number of esters is 1. The van der Waals surface area contributed by atoms with Crippen molar-refractivity contribution in [3.63, 3.8) is 0 Å². The van der Waals surface area contributed by atoms with Gasteiger partial charge in [0.1, 0.15) is 12.3 Å². The fraction of sp³-hybridized carbons (Fsp3) is 0.227. The van der Waals surface area contributed by atoms with Crippen LogP contribution in [-0.4, -0.2) is 37.0 Å². The van der Waals surface area contributed by atoms with Crippen LogP contribution >= 0.6 is 0 Å². The molecule has 160 valence electrons. The molecule has 9 heteroatoms. The highest BCUT2D eigenvalue weighted by molar-refractivity contribution is 5.88. The van der Waals surface area contributed by atoms with Crippen LogP contribution < -0.4 is 25.1 Å². The summed E-state index contributed by atoms with van der Waals surface area (Å²) in [5.74, 6) is 0.872. The molecule has 2 aromatic carbocycles. The van der Waals surface area contributed by atoms with Crippen LogP contribution in [0.4, 0.5) is 0 Å². The zero-order valence-corrected chi connectivity index (χ0v) is 16.8. The first-order valence-corrected chi connectivity index (χ1v) is 9.52. The van der Waals surface area contributed by atoms with Gasteiger partial charge in [-0.1, -0.05) is 12.1 Å². The Morgan fingerprint density at radius 2 is 1.94 bits per heavy atom. The number of carbonyl (C=O) groups excluding carboxylic acids is 2. The summed E-state index contributed by atoms with van der Waals surface area (Å²) in [5.41, 5.74) is 0.523. The van der Waals surface area contributed by atoms with Gasteiger partial charge in [-0.05, 0) is 35.9 Å². The molecule has 0 radical (unpaired) electrons. The smallest absolute Gasteiger partial charge is 0.343 e. The lowest BCUT2D eigenvalue weighted by molar-refractivity contribution is -0.142. The average Bonchev–Trinajstić information content (AvgIpc) is 3.26. The second-order valence-electron chi connectivity index (χ2n) is 6.80. The first-order valence-electron chi connectivity index (χ1n) is 9.52. The van der Waals surface area contributed by atoms with Crippen LogP contribution in [0.25, 0.3) is 10.8 Å². The molecule has 9 nitrogen and oxygen atoms in total. The first-order chi connectivity index (χ1) is 15.0. The van der Waals surface area contributed by atoms with E-state index in [4.69, 9.17) is 14.2 Å². The normalized spacial score (nSPS) is 11.9. The van der Waals surface area contributed by atoms with E-state index in [2.05, 4.69) is 10.1 Å². The van der Waals surface area contributed by atoms with Crippen molar-refractivity contribution in [1.29, 1.82) is 0 Å². The minimum absolute atomic E-state index is 0.132. The number of hydrogen-bond acceptors (Lipinski definition) is 7. The van der Waals surface area contributed by atoms with Crippen molar-refractivity contribution < 1.29 is 28.5 Å². The number of nitrogens with zero attached hydrogens (tertiary/aromatic N) is 1. The Balaban J connectivity index is 1.44. The van der Waals surface area contributed by atoms with Crippen LogP contribution in [0.15, 0.2) is 53.5 Å². The van der Waals surface area contributed by atoms with Crippen molar-refractivity contribution in [3.05, 3.63) is 64.6 Å². The molecule has 2 heterocycles. The highest BCUT2D eigenvalue weighted by atomic mass is 16.7. The fourth-order valence-corrected chi connectivity index (χ4v) is 3.20. The molecule has 0 aliphatic carbocycles. The lowest BCUT2D eigenvalue weighted by atomic mass is 10.1. The Bertz CT molecular complexity index is 1200. The lowest BCUT2D eigenvalue weighted by Crippen LogP contribution is -2.31. The highest BCUT2D eigenvalue weighted by Crippen LogP contribution is 2.32. The maximum atomic E-state index is 12.8. The summed E-state index contributed by atoms with van der Waals surface area (Å²) in [4.78, 5) is 36.5. The van der Waals surface area contributed by atoms with E-state index < -0.39 is 5.97 Å². The zero-order valence-electron chi connectivity index (χ0n) is 16.8. The third-order valence-electron chi connectivity index (χ3n) is 4.79. The minimum Gasteiger partial charge on any atom is -0.481 e. The Hall–Kier alpha value is -4.01. The van der Waals surface area contributed by atoms with Crippen molar-refractivity contribution in [1.82, 2.24) is 9.88 Å². The number of ether oxygens (including phenoxy) is 4. The van der Waals surface area contributed by atoms with Gasteiger partial charge in [-0.25, -0.2) is 4.79 Å². The predicted octanol–water partition coefficient (Wildman–Crippen LogP) is 1.60.